The van der Waals surface area contributed by atoms with Crippen LogP contribution in [0.4, 0.5) is 4.39 Å². The molecule has 0 saturated carbocycles. The number of carbonyl (C=O) groups excluding carboxylic acids is 1. The Hall–Kier alpha value is -3.42. The number of nitrogens with one attached hydrogen (secondary N) is 2. The van der Waals surface area contributed by atoms with Crippen molar-refractivity contribution in [2.24, 2.45) is 5.92 Å². The molecule has 2 heterocycles. The monoisotopic (exact) mass is 393 g/mol. The molecule has 0 aliphatic heterocycles. The van der Waals surface area contributed by atoms with Crippen LogP contribution in [0, 0.1) is 11.7 Å². The number of hydrogen-bond acceptors (Lipinski definition) is 5. The largest absolute Gasteiger partial charge is 0.349 e. The van der Waals surface area contributed by atoms with Crippen molar-refractivity contribution in [3.05, 3.63) is 76.0 Å². The first-order valence-electron chi connectivity index (χ1n) is 9.53. The standard InChI is InChI=1S/C21H20FN5O2/c22-15-6-4-14(5-7-15)18-26-17-9-3-13(2-8-16(17)20(28)27-18)12-25-21(29)19-23-10-1-11-24-19/h1,4-7,10-11,13H,2-3,8-9,12H2,(H,25,29)(H,26,27,28). The van der Waals surface area contributed by atoms with E-state index in [-0.39, 0.29) is 29.0 Å². The van der Waals surface area contributed by atoms with E-state index in [1.807, 2.05) is 0 Å². The maximum absolute atomic E-state index is 13.2. The highest BCUT2D eigenvalue weighted by molar-refractivity contribution is 5.90. The summed E-state index contributed by atoms with van der Waals surface area (Å²) in [6.45, 7) is 0.494. The molecule has 1 aromatic carbocycles. The molecule has 1 amide bonds. The van der Waals surface area contributed by atoms with E-state index in [2.05, 4.69) is 25.3 Å². The Kier molecular flexibility index (Phi) is 5.41. The minimum absolute atomic E-state index is 0.145. The number of carbonyl (C=O) groups is 1. The molecule has 8 heteroatoms. The number of halogens is 1. The number of aromatic amines is 1. The van der Waals surface area contributed by atoms with Crippen molar-refractivity contribution in [3.63, 3.8) is 0 Å². The van der Waals surface area contributed by atoms with E-state index in [9.17, 15) is 14.0 Å². The summed E-state index contributed by atoms with van der Waals surface area (Å²) >= 11 is 0. The normalized spacial score (nSPS) is 16.0. The minimum Gasteiger partial charge on any atom is -0.349 e. The molecule has 0 radical (unpaired) electrons. The molecule has 1 unspecified atom stereocenters. The summed E-state index contributed by atoms with van der Waals surface area (Å²) in [4.78, 5) is 40.1. The van der Waals surface area contributed by atoms with Gasteiger partial charge in [0.15, 0.2) is 0 Å². The van der Waals surface area contributed by atoms with Crippen LogP contribution in [0.25, 0.3) is 11.4 Å². The molecule has 0 fully saturated rings. The molecule has 1 aliphatic carbocycles. The van der Waals surface area contributed by atoms with Gasteiger partial charge in [0, 0.05) is 30.1 Å². The summed E-state index contributed by atoms with van der Waals surface area (Å²) in [7, 11) is 0. The Morgan fingerprint density at radius 1 is 1.14 bits per heavy atom. The second-order valence-electron chi connectivity index (χ2n) is 7.07. The van der Waals surface area contributed by atoms with E-state index < -0.39 is 0 Å². The van der Waals surface area contributed by atoms with Crippen molar-refractivity contribution < 1.29 is 9.18 Å². The van der Waals surface area contributed by atoms with Gasteiger partial charge in [-0.1, -0.05) is 0 Å². The zero-order chi connectivity index (χ0) is 20.2. The topological polar surface area (TPSA) is 101 Å². The van der Waals surface area contributed by atoms with Crippen LogP contribution in [0.2, 0.25) is 0 Å². The molecule has 1 aliphatic rings. The first-order chi connectivity index (χ1) is 14.1. The predicted octanol–water partition coefficient (Wildman–Crippen LogP) is 2.29. The summed E-state index contributed by atoms with van der Waals surface area (Å²) < 4.78 is 13.2. The highest BCUT2D eigenvalue weighted by atomic mass is 19.1. The second-order valence-corrected chi connectivity index (χ2v) is 7.07. The van der Waals surface area contributed by atoms with Crippen LogP contribution in [0.3, 0.4) is 0 Å². The van der Waals surface area contributed by atoms with Gasteiger partial charge in [-0.2, -0.15) is 0 Å². The maximum Gasteiger partial charge on any atom is 0.289 e. The van der Waals surface area contributed by atoms with Gasteiger partial charge in [0.2, 0.25) is 5.82 Å². The van der Waals surface area contributed by atoms with Gasteiger partial charge in [-0.15, -0.1) is 0 Å². The summed E-state index contributed by atoms with van der Waals surface area (Å²) in [5, 5.41) is 2.87. The van der Waals surface area contributed by atoms with Crippen molar-refractivity contribution in [2.75, 3.05) is 6.54 Å². The fourth-order valence-corrected chi connectivity index (χ4v) is 3.52. The predicted molar refractivity (Wildman–Crippen MR) is 105 cm³/mol. The number of benzene rings is 1. The Bertz CT molecular complexity index is 1070. The highest BCUT2D eigenvalue weighted by Crippen LogP contribution is 2.23. The average Bonchev–Trinajstić information content (AvgIpc) is 2.96. The van der Waals surface area contributed by atoms with Crippen LogP contribution < -0.4 is 10.9 Å². The molecule has 0 saturated heterocycles. The van der Waals surface area contributed by atoms with E-state index in [1.54, 1.807) is 18.2 Å². The molecule has 7 nitrogen and oxygen atoms in total. The number of H-pyrrole nitrogens is 1. The van der Waals surface area contributed by atoms with Gasteiger partial charge >= 0.3 is 0 Å². The first-order valence-corrected chi connectivity index (χ1v) is 9.53. The zero-order valence-corrected chi connectivity index (χ0v) is 15.7. The van der Waals surface area contributed by atoms with Crippen molar-refractivity contribution in [3.8, 4) is 11.4 Å². The molecule has 29 heavy (non-hydrogen) atoms. The highest BCUT2D eigenvalue weighted by Gasteiger charge is 2.21. The van der Waals surface area contributed by atoms with Crippen LogP contribution in [0.15, 0.2) is 47.5 Å². The Morgan fingerprint density at radius 2 is 1.86 bits per heavy atom. The molecular formula is C21H20FN5O2. The van der Waals surface area contributed by atoms with Crippen LogP contribution >= 0.6 is 0 Å². The Morgan fingerprint density at radius 3 is 2.62 bits per heavy atom. The third-order valence-corrected chi connectivity index (χ3v) is 5.13. The van der Waals surface area contributed by atoms with E-state index >= 15 is 0 Å². The lowest BCUT2D eigenvalue weighted by molar-refractivity contribution is 0.0935. The molecule has 0 bridgehead atoms. The minimum atomic E-state index is -0.336. The number of nitrogens with zero attached hydrogens (tertiary/aromatic N) is 3. The van der Waals surface area contributed by atoms with Gasteiger partial charge in [0.25, 0.3) is 11.5 Å². The van der Waals surface area contributed by atoms with E-state index in [1.165, 1.54) is 24.5 Å². The number of fused-ring (bicyclic) bond motifs is 1. The van der Waals surface area contributed by atoms with E-state index in [4.69, 9.17) is 0 Å². The lowest BCUT2D eigenvalue weighted by Gasteiger charge is -2.14. The van der Waals surface area contributed by atoms with Gasteiger partial charge in [0.1, 0.15) is 11.6 Å². The van der Waals surface area contributed by atoms with Crippen molar-refractivity contribution in [2.45, 2.75) is 25.7 Å². The SMILES string of the molecule is O=C(NCC1CCc2nc(-c3ccc(F)cc3)[nH]c(=O)c2CC1)c1ncccn1. The first kappa shape index (κ1) is 18.9. The lowest BCUT2D eigenvalue weighted by atomic mass is 10.00. The quantitative estimate of drug-likeness (QED) is 0.663. The van der Waals surface area contributed by atoms with Crippen LogP contribution in [-0.2, 0) is 12.8 Å². The van der Waals surface area contributed by atoms with Gasteiger partial charge in [0.05, 0.1) is 5.69 Å². The fraction of sp³-hybridized carbons (Fsp3) is 0.286. The average molecular weight is 393 g/mol. The van der Waals surface area contributed by atoms with Crippen LogP contribution in [0.1, 0.15) is 34.7 Å². The maximum atomic E-state index is 13.2. The van der Waals surface area contributed by atoms with Crippen molar-refractivity contribution in [1.29, 1.82) is 0 Å². The van der Waals surface area contributed by atoms with E-state index in [0.717, 1.165) is 18.5 Å². The molecule has 2 N–H and O–H groups in total. The number of aromatic nitrogens is 4. The Balaban J connectivity index is 1.45. The molecular weight excluding hydrogens is 373 g/mol. The summed E-state index contributed by atoms with van der Waals surface area (Å²) in [6.07, 6.45) is 5.90. The van der Waals surface area contributed by atoms with Gasteiger partial charge < -0.3 is 10.3 Å². The summed E-state index contributed by atoms with van der Waals surface area (Å²) in [5.74, 6) is 0.178. The zero-order valence-electron chi connectivity index (χ0n) is 15.7. The fourth-order valence-electron chi connectivity index (χ4n) is 3.52. The van der Waals surface area contributed by atoms with Crippen molar-refractivity contribution in [1.82, 2.24) is 25.3 Å². The Labute approximate surface area is 166 Å². The lowest BCUT2D eigenvalue weighted by Crippen LogP contribution is -2.30. The van der Waals surface area contributed by atoms with Crippen LogP contribution in [0.5, 0.6) is 0 Å². The molecule has 2 aromatic heterocycles. The molecule has 148 valence electrons. The molecule has 4 rings (SSSR count). The summed E-state index contributed by atoms with van der Waals surface area (Å²) in [6, 6.07) is 7.54. The molecule has 0 spiro atoms. The molecule has 1 atom stereocenters. The van der Waals surface area contributed by atoms with Gasteiger partial charge in [-0.25, -0.2) is 19.3 Å². The molecule has 3 aromatic rings. The van der Waals surface area contributed by atoms with E-state index in [0.29, 0.717) is 36.3 Å². The van der Waals surface area contributed by atoms with Gasteiger partial charge in [-0.3, -0.25) is 9.59 Å². The second kappa shape index (κ2) is 8.30. The number of hydrogen-bond donors (Lipinski definition) is 2. The van der Waals surface area contributed by atoms with Crippen molar-refractivity contribution >= 4 is 5.91 Å². The van der Waals surface area contributed by atoms with Gasteiger partial charge in [-0.05, 0) is 61.9 Å². The number of aryl methyl sites for hydroxylation is 1. The third-order valence-electron chi connectivity index (χ3n) is 5.13. The third kappa shape index (κ3) is 4.37. The summed E-state index contributed by atoms with van der Waals surface area (Å²) in [5.41, 5.74) is 1.98. The smallest absolute Gasteiger partial charge is 0.289 e. The number of rotatable bonds is 4. The number of amides is 1. The van der Waals surface area contributed by atoms with Crippen LogP contribution in [-0.4, -0.2) is 32.4 Å².